The summed E-state index contributed by atoms with van der Waals surface area (Å²) < 4.78 is 12.2. The molecule has 0 atom stereocenters. The second kappa shape index (κ2) is 11.6. The van der Waals surface area contributed by atoms with Crippen molar-refractivity contribution in [3.8, 4) is 11.5 Å². The smallest absolute Gasteiger partial charge is 0.149 e. The largest absolute Gasteiger partial charge is 0.496 e. The highest BCUT2D eigenvalue weighted by molar-refractivity contribution is 5.83. The maximum atomic E-state index is 6.50. The first kappa shape index (κ1) is 25.0. The Labute approximate surface area is 233 Å². The molecule has 196 valence electrons. The molecule has 5 nitrogen and oxygen atoms in total. The van der Waals surface area contributed by atoms with Gasteiger partial charge in [-0.25, -0.2) is 0 Å². The topological polar surface area (TPSA) is 62.9 Å². The van der Waals surface area contributed by atoms with Crippen molar-refractivity contribution in [3.05, 3.63) is 149 Å². The third-order valence-corrected chi connectivity index (χ3v) is 6.75. The quantitative estimate of drug-likeness (QED) is 0.200. The third-order valence-electron chi connectivity index (χ3n) is 6.75. The molecule has 6 aromatic rings. The van der Waals surface area contributed by atoms with Crippen LogP contribution in [0.3, 0.4) is 0 Å². The van der Waals surface area contributed by atoms with Gasteiger partial charge in [0.05, 0.1) is 18.5 Å². The lowest BCUT2D eigenvalue weighted by atomic mass is 10.0. The summed E-state index contributed by atoms with van der Waals surface area (Å²) in [5.74, 6) is 1.46. The molecule has 4 aromatic carbocycles. The molecule has 0 spiro atoms. The zero-order valence-electron chi connectivity index (χ0n) is 22.1. The van der Waals surface area contributed by atoms with E-state index < -0.39 is 0 Å². The van der Waals surface area contributed by atoms with Gasteiger partial charge in [0.2, 0.25) is 0 Å². The van der Waals surface area contributed by atoms with Gasteiger partial charge in [-0.05, 0) is 70.6 Å². The fourth-order valence-corrected chi connectivity index (χ4v) is 4.68. The van der Waals surface area contributed by atoms with Crippen LogP contribution in [0.1, 0.15) is 39.7 Å². The standard InChI is InChI=1S/C35H29N3O2/c1-39-34-24-32(40-35(28-8-4-2-5-9-28)29-10-6-3-7-11-29)19-16-27(34)15-18-31-23-30(37-38-31)17-13-25-12-14-26-20-21-36-33(26)22-25/h2-24,35-36H,1H3,(H,37,38). The maximum Gasteiger partial charge on any atom is 0.149 e. The first-order valence-electron chi connectivity index (χ1n) is 13.2. The molecule has 0 aliphatic rings. The third kappa shape index (κ3) is 5.74. The van der Waals surface area contributed by atoms with Gasteiger partial charge in [0.15, 0.2) is 0 Å². The summed E-state index contributed by atoms with van der Waals surface area (Å²) in [6.07, 6.45) is 9.78. The Morgan fingerprint density at radius 2 is 1.50 bits per heavy atom. The summed E-state index contributed by atoms with van der Waals surface area (Å²) in [6, 6.07) is 36.8. The number of methoxy groups -OCH3 is 1. The summed E-state index contributed by atoms with van der Waals surface area (Å²) in [5, 5.41) is 8.72. The second-order valence-electron chi connectivity index (χ2n) is 9.46. The minimum atomic E-state index is -0.228. The second-order valence-corrected chi connectivity index (χ2v) is 9.46. The lowest BCUT2D eigenvalue weighted by molar-refractivity contribution is 0.246. The number of hydrogen-bond acceptors (Lipinski definition) is 3. The first-order chi connectivity index (χ1) is 19.7. The van der Waals surface area contributed by atoms with Crippen LogP contribution in [-0.4, -0.2) is 22.3 Å². The van der Waals surface area contributed by atoms with Crippen LogP contribution in [0.4, 0.5) is 0 Å². The van der Waals surface area contributed by atoms with E-state index in [2.05, 4.69) is 69.8 Å². The monoisotopic (exact) mass is 523 g/mol. The molecule has 0 bridgehead atoms. The number of aromatic nitrogens is 3. The highest BCUT2D eigenvalue weighted by Gasteiger charge is 2.16. The van der Waals surface area contributed by atoms with Crippen molar-refractivity contribution in [2.75, 3.05) is 7.11 Å². The number of benzene rings is 4. The van der Waals surface area contributed by atoms with Gasteiger partial charge in [0.1, 0.15) is 17.6 Å². The minimum absolute atomic E-state index is 0.228. The molecular formula is C35H29N3O2. The van der Waals surface area contributed by atoms with E-state index in [0.29, 0.717) is 0 Å². The minimum Gasteiger partial charge on any atom is -0.496 e. The van der Waals surface area contributed by atoms with Crippen molar-refractivity contribution < 1.29 is 9.47 Å². The van der Waals surface area contributed by atoms with Gasteiger partial charge in [-0.1, -0.05) is 78.9 Å². The summed E-state index contributed by atoms with van der Waals surface area (Å²) >= 11 is 0. The van der Waals surface area contributed by atoms with E-state index >= 15 is 0 Å². The van der Waals surface area contributed by atoms with Crippen molar-refractivity contribution in [2.45, 2.75) is 6.10 Å². The summed E-state index contributed by atoms with van der Waals surface area (Å²) in [4.78, 5) is 3.25. The Balaban J connectivity index is 1.17. The van der Waals surface area contributed by atoms with Crippen LogP contribution >= 0.6 is 0 Å². The van der Waals surface area contributed by atoms with Gasteiger partial charge in [-0.15, -0.1) is 0 Å². The fourth-order valence-electron chi connectivity index (χ4n) is 4.68. The first-order valence-corrected chi connectivity index (χ1v) is 13.2. The van der Waals surface area contributed by atoms with Crippen molar-refractivity contribution in [1.82, 2.24) is 15.2 Å². The average molecular weight is 524 g/mol. The van der Waals surface area contributed by atoms with Crippen LogP contribution in [0.2, 0.25) is 0 Å². The predicted molar refractivity (Wildman–Crippen MR) is 163 cm³/mol. The lowest BCUT2D eigenvalue weighted by Gasteiger charge is -2.21. The number of ether oxygens (including phenoxy) is 2. The molecule has 2 heterocycles. The molecule has 5 heteroatoms. The van der Waals surface area contributed by atoms with Crippen LogP contribution in [0, 0.1) is 0 Å². The fraction of sp³-hybridized carbons (Fsp3) is 0.0571. The molecule has 0 fully saturated rings. The molecule has 2 N–H and O–H groups in total. The molecule has 0 aliphatic heterocycles. The van der Waals surface area contributed by atoms with Crippen LogP contribution in [-0.2, 0) is 0 Å². The zero-order valence-corrected chi connectivity index (χ0v) is 22.1. The van der Waals surface area contributed by atoms with E-state index in [-0.39, 0.29) is 6.10 Å². The van der Waals surface area contributed by atoms with Gasteiger partial charge in [-0.2, -0.15) is 5.10 Å². The SMILES string of the molecule is COc1cc(OC(c2ccccc2)c2ccccc2)ccc1C=Cc1cc(C=Cc2ccc3cc[nH]c3c2)[nH]n1. The van der Waals surface area contributed by atoms with E-state index in [1.807, 2.05) is 85.1 Å². The van der Waals surface area contributed by atoms with Crippen LogP contribution in [0.5, 0.6) is 11.5 Å². The van der Waals surface area contributed by atoms with Crippen molar-refractivity contribution in [2.24, 2.45) is 0 Å². The van der Waals surface area contributed by atoms with Crippen molar-refractivity contribution in [3.63, 3.8) is 0 Å². The predicted octanol–water partition coefficient (Wildman–Crippen LogP) is 8.41. The number of rotatable bonds is 9. The normalized spacial score (nSPS) is 11.7. The number of aromatic amines is 2. The molecule has 0 unspecified atom stereocenters. The summed E-state index contributed by atoms with van der Waals surface area (Å²) in [6.45, 7) is 0. The van der Waals surface area contributed by atoms with E-state index in [0.717, 1.165) is 50.7 Å². The molecule has 0 saturated carbocycles. The van der Waals surface area contributed by atoms with E-state index in [1.54, 1.807) is 7.11 Å². The van der Waals surface area contributed by atoms with Crippen LogP contribution < -0.4 is 9.47 Å². The highest BCUT2D eigenvalue weighted by atomic mass is 16.5. The molecule has 6 rings (SSSR count). The van der Waals surface area contributed by atoms with Gasteiger partial charge < -0.3 is 14.5 Å². The van der Waals surface area contributed by atoms with Gasteiger partial charge in [0.25, 0.3) is 0 Å². The van der Waals surface area contributed by atoms with Gasteiger partial charge in [0, 0.05) is 23.3 Å². The molecular weight excluding hydrogens is 494 g/mol. The Morgan fingerprint density at radius 3 is 2.25 bits per heavy atom. The maximum absolute atomic E-state index is 6.50. The summed E-state index contributed by atoms with van der Waals surface area (Å²) in [7, 11) is 1.67. The molecule has 0 saturated heterocycles. The average Bonchev–Trinajstić information content (AvgIpc) is 3.68. The van der Waals surface area contributed by atoms with Gasteiger partial charge >= 0.3 is 0 Å². The Hall–Kier alpha value is -5.29. The zero-order chi connectivity index (χ0) is 27.1. The lowest BCUT2D eigenvalue weighted by Crippen LogP contribution is -2.09. The molecule has 0 radical (unpaired) electrons. The van der Waals surface area contributed by atoms with Gasteiger partial charge in [-0.3, -0.25) is 5.10 Å². The Bertz CT molecular complexity index is 1730. The summed E-state index contributed by atoms with van der Waals surface area (Å²) in [5.41, 5.74) is 7.11. The van der Waals surface area contributed by atoms with Crippen LogP contribution in [0.15, 0.2) is 115 Å². The highest BCUT2D eigenvalue weighted by Crippen LogP contribution is 2.32. The number of nitrogens with one attached hydrogen (secondary N) is 2. The number of fused-ring (bicyclic) bond motifs is 1. The molecule has 0 aliphatic carbocycles. The van der Waals surface area contributed by atoms with Crippen LogP contribution in [0.25, 0.3) is 35.2 Å². The van der Waals surface area contributed by atoms with E-state index in [1.165, 1.54) is 5.39 Å². The Kier molecular flexibility index (Phi) is 7.27. The molecule has 40 heavy (non-hydrogen) atoms. The molecule has 2 aromatic heterocycles. The number of hydrogen-bond donors (Lipinski definition) is 2. The van der Waals surface area contributed by atoms with Crippen molar-refractivity contribution in [1.29, 1.82) is 0 Å². The van der Waals surface area contributed by atoms with E-state index in [4.69, 9.17) is 9.47 Å². The number of nitrogens with zero attached hydrogens (tertiary/aromatic N) is 1. The number of H-pyrrole nitrogens is 2. The molecule has 0 amide bonds. The van der Waals surface area contributed by atoms with Crippen molar-refractivity contribution >= 4 is 35.2 Å². The Morgan fingerprint density at radius 1 is 0.725 bits per heavy atom. The van der Waals surface area contributed by atoms with E-state index in [9.17, 15) is 0 Å².